The molecule has 0 aliphatic heterocycles. The lowest BCUT2D eigenvalue weighted by Gasteiger charge is -2.11. The summed E-state index contributed by atoms with van der Waals surface area (Å²) in [6.45, 7) is 9.29. The quantitative estimate of drug-likeness (QED) is 0.909. The Kier molecular flexibility index (Phi) is 4.48. The standard InChI is InChI=1S/C13H19N3S2/c1-5-12-16-11(7-17-12)6-14-8(2)13-9(3)15-10(4)18-13/h7-8,14H,5-6H2,1-4H3. The zero-order valence-corrected chi connectivity index (χ0v) is 12.9. The van der Waals surface area contributed by atoms with Crippen molar-refractivity contribution in [1.29, 1.82) is 0 Å². The fourth-order valence-corrected chi connectivity index (χ4v) is 3.59. The summed E-state index contributed by atoms with van der Waals surface area (Å²) in [4.78, 5) is 10.4. The van der Waals surface area contributed by atoms with Gasteiger partial charge in [0.05, 0.1) is 21.4 Å². The van der Waals surface area contributed by atoms with Gasteiger partial charge in [-0.1, -0.05) is 6.92 Å². The van der Waals surface area contributed by atoms with Gasteiger partial charge in [-0.05, 0) is 27.2 Å². The minimum atomic E-state index is 0.336. The lowest BCUT2D eigenvalue weighted by molar-refractivity contribution is 0.573. The van der Waals surface area contributed by atoms with Crippen LogP contribution in [-0.2, 0) is 13.0 Å². The maximum Gasteiger partial charge on any atom is 0.0926 e. The summed E-state index contributed by atoms with van der Waals surface area (Å²) in [7, 11) is 0. The van der Waals surface area contributed by atoms with Crippen LogP contribution in [0.25, 0.3) is 0 Å². The van der Waals surface area contributed by atoms with Crippen molar-refractivity contribution >= 4 is 22.7 Å². The van der Waals surface area contributed by atoms with Gasteiger partial charge in [-0.25, -0.2) is 9.97 Å². The van der Waals surface area contributed by atoms with Crippen molar-refractivity contribution < 1.29 is 0 Å². The molecule has 5 heteroatoms. The number of rotatable bonds is 5. The number of thiazole rings is 2. The predicted octanol–water partition coefficient (Wildman–Crippen LogP) is 3.63. The van der Waals surface area contributed by atoms with Crippen molar-refractivity contribution in [2.45, 2.75) is 46.7 Å². The van der Waals surface area contributed by atoms with E-state index in [2.05, 4.69) is 48.4 Å². The first-order valence-corrected chi connectivity index (χ1v) is 7.90. The van der Waals surface area contributed by atoms with E-state index in [1.165, 1.54) is 9.88 Å². The molecular formula is C13H19N3S2. The van der Waals surface area contributed by atoms with E-state index in [1.807, 2.05) is 0 Å². The van der Waals surface area contributed by atoms with Gasteiger partial charge < -0.3 is 5.32 Å². The van der Waals surface area contributed by atoms with E-state index in [0.717, 1.165) is 29.4 Å². The molecule has 18 heavy (non-hydrogen) atoms. The van der Waals surface area contributed by atoms with Crippen LogP contribution in [0.2, 0.25) is 0 Å². The molecule has 3 nitrogen and oxygen atoms in total. The van der Waals surface area contributed by atoms with Gasteiger partial charge in [0, 0.05) is 22.8 Å². The van der Waals surface area contributed by atoms with E-state index in [4.69, 9.17) is 0 Å². The van der Waals surface area contributed by atoms with E-state index < -0.39 is 0 Å². The Morgan fingerprint density at radius 3 is 2.67 bits per heavy atom. The first-order valence-electron chi connectivity index (χ1n) is 6.20. The molecule has 1 unspecified atom stereocenters. The van der Waals surface area contributed by atoms with Crippen molar-refractivity contribution in [3.05, 3.63) is 31.7 Å². The van der Waals surface area contributed by atoms with Crippen LogP contribution in [0.4, 0.5) is 0 Å². The summed E-state index contributed by atoms with van der Waals surface area (Å²) >= 11 is 3.52. The molecule has 2 rings (SSSR count). The summed E-state index contributed by atoms with van der Waals surface area (Å²) in [6, 6.07) is 0.336. The Balaban J connectivity index is 1.95. The number of aryl methyl sites for hydroxylation is 3. The lowest BCUT2D eigenvalue weighted by Crippen LogP contribution is -2.18. The molecule has 0 bridgehead atoms. The number of hydrogen-bond donors (Lipinski definition) is 1. The Morgan fingerprint density at radius 2 is 2.11 bits per heavy atom. The van der Waals surface area contributed by atoms with Gasteiger partial charge in [-0.15, -0.1) is 22.7 Å². The second-order valence-corrected chi connectivity index (χ2v) is 6.55. The molecule has 0 aliphatic carbocycles. The van der Waals surface area contributed by atoms with Crippen LogP contribution in [0.15, 0.2) is 5.38 Å². The molecular weight excluding hydrogens is 262 g/mol. The van der Waals surface area contributed by atoms with Crippen molar-refractivity contribution in [2.24, 2.45) is 0 Å². The first-order chi connectivity index (χ1) is 8.60. The molecule has 0 saturated carbocycles. The molecule has 0 saturated heterocycles. The Hall–Kier alpha value is -0.780. The third-order valence-corrected chi connectivity index (χ3v) is 5.12. The van der Waals surface area contributed by atoms with Crippen LogP contribution in [-0.4, -0.2) is 9.97 Å². The van der Waals surface area contributed by atoms with Crippen molar-refractivity contribution in [3.8, 4) is 0 Å². The fraction of sp³-hybridized carbons (Fsp3) is 0.538. The highest BCUT2D eigenvalue weighted by Crippen LogP contribution is 2.24. The summed E-state index contributed by atoms with van der Waals surface area (Å²) in [5, 5.41) is 8.01. The molecule has 0 spiro atoms. The smallest absolute Gasteiger partial charge is 0.0926 e. The molecule has 0 aromatic carbocycles. The lowest BCUT2D eigenvalue weighted by atomic mass is 10.2. The Morgan fingerprint density at radius 1 is 1.33 bits per heavy atom. The maximum absolute atomic E-state index is 4.57. The van der Waals surface area contributed by atoms with Crippen LogP contribution >= 0.6 is 22.7 Å². The van der Waals surface area contributed by atoms with E-state index in [9.17, 15) is 0 Å². The fourth-order valence-electron chi connectivity index (χ4n) is 1.89. The largest absolute Gasteiger partial charge is 0.304 e. The van der Waals surface area contributed by atoms with Crippen LogP contribution in [0.1, 0.15) is 46.2 Å². The first kappa shape index (κ1) is 13.6. The summed E-state index contributed by atoms with van der Waals surface area (Å²) in [6.07, 6.45) is 1.02. The predicted molar refractivity (Wildman–Crippen MR) is 78.3 cm³/mol. The SMILES string of the molecule is CCc1nc(CNC(C)c2sc(C)nc2C)cs1. The number of aromatic nitrogens is 2. The molecule has 2 aromatic heterocycles. The molecule has 1 atom stereocenters. The van der Waals surface area contributed by atoms with Crippen molar-refractivity contribution in [1.82, 2.24) is 15.3 Å². The number of nitrogens with one attached hydrogen (secondary N) is 1. The average Bonchev–Trinajstić information content (AvgIpc) is 2.92. The van der Waals surface area contributed by atoms with Crippen molar-refractivity contribution in [3.63, 3.8) is 0 Å². The third kappa shape index (κ3) is 3.16. The summed E-state index contributed by atoms with van der Waals surface area (Å²) in [5.41, 5.74) is 2.28. The van der Waals surface area contributed by atoms with E-state index in [0.29, 0.717) is 6.04 Å². The molecule has 0 aliphatic rings. The third-order valence-electron chi connectivity index (χ3n) is 2.82. The average molecular weight is 281 g/mol. The second kappa shape index (κ2) is 5.91. The van der Waals surface area contributed by atoms with Gasteiger partial charge in [0.2, 0.25) is 0 Å². The summed E-state index contributed by atoms with van der Waals surface area (Å²) < 4.78 is 0. The molecule has 0 radical (unpaired) electrons. The summed E-state index contributed by atoms with van der Waals surface area (Å²) in [5.74, 6) is 0. The maximum atomic E-state index is 4.57. The molecule has 0 fully saturated rings. The normalized spacial score (nSPS) is 12.9. The molecule has 2 aromatic rings. The minimum absolute atomic E-state index is 0.336. The zero-order chi connectivity index (χ0) is 13.1. The molecule has 2 heterocycles. The molecule has 98 valence electrons. The zero-order valence-electron chi connectivity index (χ0n) is 11.3. The van der Waals surface area contributed by atoms with Gasteiger partial charge >= 0.3 is 0 Å². The van der Waals surface area contributed by atoms with Gasteiger partial charge in [0.25, 0.3) is 0 Å². The van der Waals surface area contributed by atoms with Gasteiger partial charge in [-0.3, -0.25) is 0 Å². The van der Waals surface area contributed by atoms with Crippen molar-refractivity contribution in [2.75, 3.05) is 0 Å². The second-order valence-electron chi connectivity index (χ2n) is 4.37. The van der Waals surface area contributed by atoms with Crippen LogP contribution in [0.5, 0.6) is 0 Å². The van der Waals surface area contributed by atoms with Gasteiger partial charge in [0.1, 0.15) is 0 Å². The number of hydrogen-bond acceptors (Lipinski definition) is 5. The van der Waals surface area contributed by atoms with Crippen LogP contribution in [0.3, 0.4) is 0 Å². The van der Waals surface area contributed by atoms with E-state index in [1.54, 1.807) is 22.7 Å². The number of nitrogens with zero attached hydrogens (tertiary/aromatic N) is 2. The van der Waals surface area contributed by atoms with E-state index >= 15 is 0 Å². The minimum Gasteiger partial charge on any atom is -0.304 e. The topological polar surface area (TPSA) is 37.8 Å². The monoisotopic (exact) mass is 281 g/mol. The highest BCUT2D eigenvalue weighted by Gasteiger charge is 2.12. The van der Waals surface area contributed by atoms with Crippen LogP contribution < -0.4 is 5.32 Å². The highest BCUT2D eigenvalue weighted by atomic mass is 32.1. The van der Waals surface area contributed by atoms with Crippen LogP contribution in [0, 0.1) is 13.8 Å². The van der Waals surface area contributed by atoms with Gasteiger partial charge in [0.15, 0.2) is 0 Å². The Bertz CT molecular complexity index is 516. The molecule has 0 amide bonds. The van der Waals surface area contributed by atoms with Gasteiger partial charge in [-0.2, -0.15) is 0 Å². The molecule has 1 N–H and O–H groups in total. The van der Waals surface area contributed by atoms with E-state index in [-0.39, 0.29) is 0 Å². The highest BCUT2D eigenvalue weighted by molar-refractivity contribution is 7.11. The Labute approximate surface area is 116 Å².